The number of hydrogen-bond donors (Lipinski definition) is 2. The first kappa shape index (κ1) is 25.2. The number of benzene rings is 2. The number of nitrogens with two attached hydrogens (primary N) is 1. The number of nitrogens with zero attached hydrogens (tertiary/aromatic N) is 3. The lowest BCUT2D eigenvalue weighted by Gasteiger charge is -2.36. The largest absolute Gasteiger partial charge is 0.396 e. The molecule has 35 heavy (non-hydrogen) atoms. The van der Waals surface area contributed by atoms with Gasteiger partial charge in [0.25, 0.3) is 5.91 Å². The van der Waals surface area contributed by atoms with Crippen molar-refractivity contribution < 1.29 is 18.9 Å². The van der Waals surface area contributed by atoms with Gasteiger partial charge in [-0.2, -0.15) is 0 Å². The van der Waals surface area contributed by atoms with Crippen LogP contribution in [0.25, 0.3) is 17.2 Å². The van der Waals surface area contributed by atoms with Crippen molar-refractivity contribution in [2.45, 2.75) is 31.6 Å². The fourth-order valence-electron chi connectivity index (χ4n) is 4.16. The molecule has 0 aromatic heterocycles. The van der Waals surface area contributed by atoms with Crippen molar-refractivity contribution in [3.63, 3.8) is 0 Å². The number of fused-ring (bicyclic) bond motifs is 1. The second-order valence-electron chi connectivity index (χ2n) is 8.72. The predicted octanol–water partition coefficient (Wildman–Crippen LogP) is 3.27. The molecule has 2 aliphatic heterocycles. The topological polar surface area (TPSA) is 108 Å². The van der Waals surface area contributed by atoms with Crippen LogP contribution >= 0.6 is 0 Å². The van der Waals surface area contributed by atoms with Crippen LogP contribution in [0.4, 0.5) is 5.69 Å². The summed E-state index contributed by atoms with van der Waals surface area (Å²) >= 11 is 0. The molecule has 1 unspecified atom stereocenters. The van der Waals surface area contributed by atoms with Crippen LogP contribution < -0.4 is 5.73 Å². The van der Waals surface area contributed by atoms with E-state index in [0.717, 1.165) is 28.0 Å². The van der Waals surface area contributed by atoms with Gasteiger partial charge in [0.15, 0.2) is 0 Å². The molecule has 0 spiro atoms. The van der Waals surface area contributed by atoms with Gasteiger partial charge in [-0.3, -0.25) is 9.63 Å². The summed E-state index contributed by atoms with van der Waals surface area (Å²) in [5.74, 6) is 0.357. The number of aliphatic imine (C=N–C) groups is 1. The number of rotatable bonds is 9. The fourth-order valence-corrected chi connectivity index (χ4v) is 5.57. The predicted molar refractivity (Wildman–Crippen MR) is 138 cm³/mol. The first-order valence-electron chi connectivity index (χ1n) is 11.9. The van der Waals surface area contributed by atoms with Gasteiger partial charge >= 0.3 is 0 Å². The average Bonchev–Trinajstić information content (AvgIpc) is 3.00. The number of hydrogen-bond acceptors (Lipinski definition) is 6. The van der Waals surface area contributed by atoms with E-state index in [-0.39, 0.29) is 24.9 Å². The summed E-state index contributed by atoms with van der Waals surface area (Å²) in [5, 5.41) is 10.6. The monoisotopic (exact) mass is 496 g/mol. The molecular formula is C26H32N4O4S. The molecule has 2 aliphatic rings. The minimum absolute atomic E-state index is 0.122. The third kappa shape index (κ3) is 5.70. The molecule has 8 nitrogen and oxygen atoms in total. The lowest BCUT2D eigenvalue weighted by molar-refractivity contribution is -0.180. The molecule has 4 rings (SSSR count). The van der Waals surface area contributed by atoms with E-state index in [1.807, 2.05) is 66.7 Å². The van der Waals surface area contributed by atoms with Crippen LogP contribution in [0.1, 0.15) is 32.3 Å². The zero-order valence-corrected chi connectivity index (χ0v) is 21.0. The van der Waals surface area contributed by atoms with Gasteiger partial charge < -0.3 is 10.8 Å². The Labute approximate surface area is 208 Å². The lowest BCUT2D eigenvalue weighted by Crippen LogP contribution is -2.48. The van der Waals surface area contributed by atoms with E-state index in [1.54, 1.807) is 0 Å². The standard InChI is InChI=1S/C26H32N4O4S/c1-3-10-30(34-4-2)26(32)22-11-21-9-8-20(13-24(21)28-25(27)14-22)19-6-5-7-23(12-19)35(33)29-15-18(16-29)17-31/h5-9,11-13,18,31H,3-4,10,14-17H2,1-2H3,(H2,27,28). The van der Waals surface area contributed by atoms with Crippen LogP contribution in [0.2, 0.25) is 0 Å². The third-order valence-corrected chi connectivity index (χ3v) is 7.42. The second-order valence-corrected chi connectivity index (χ2v) is 10.2. The average molecular weight is 497 g/mol. The molecular weight excluding hydrogens is 464 g/mol. The van der Waals surface area contributed by atoms with Gasteiger partial charge in [0.05, 0.1) is 17.2 Å². The number of amides is 1. The van der Waals surface area contributed by atoms with Gasteiger partial charge in [0, 0.05) is 49.7 Å². The first-order chi connectivity index (χ1) is 16.9. The van der Waals surface area contributed by atoms with E-state index in [1.165, 1.54) is 5.06 Å². The molecule has 1 fully saturated rings. The van der Waals surface area contributed by atoms with Crippen molar-refractivity contribution in [2.75, 3.05) is 32.8 Å². The Hall–Kier alpha value is -2.85. The number of aliphatic hydroxyl groups is 1. The van der Waals surface area contributed by atoms with Gasteiger partial charge in [-0.1, -0.05) is 31.2 Å². The highest BCUT2D eigenvalue weighted by Crippen LogP contribution is 2.33. The molecule has 2 aromatic rings. The molecule has 0 bridgehead atoms. The Morgan fingerprint density at radius 3 is 2.71 bits per heavy atom. The van der Waals surface area contributed by atoms with Crippen LogP contribution in [0, 0.1) is 5.92 Å². The smallest absolute Gasteiger partial charge is 0.273 e. The second kappa shape index (κ2) is 11.3. The Morgan fingerprint density at radius 1 is 1.23 bits per heavy atom. The van der Waals surface area contributed by atoms with Crippen molar-refractivity contribution >= 4 is 34.5 Å². The number of hydroxylamine groups is 2. The summed E-state index contributed by atoms with van der Waals surface area (Å²) in [5.41, 5.74) is 10.0. The summed E-state index contributed by atoms with van der Waals surface area (Å²) in [6.07, 6.45) is 2.86. The highest BCUT2D eigenvalue weighted by Gasteiger charge is 2.31. The van der Waals surface area contributed by atoms with Gasteiger partial charge in [0.1, 0.15) is 16.8 Å². The molecule has 186 valence electrons. The summed E-state index contributed by atoms with van der Waals surface area (Å²) in [4.78, 5) is 23.9. The highest BCUT2D eigenvalue weighted by molar-refractivity contribution is 7.82. The van der Waals surface area contributed by atoms with E-state index < -0.39 is 11.0 Å². The molecule has 1 amide bonds. The van der Waals surface area contributed by atoms with Crippen LogP contribution in [0.15, 0.2) is 57.9 Å². The van der Waals surface area contributed by atoms with Crippen molar-refractivity contribution in [3.05, 3.63) is 53.6 Å². The molecule has 0 saturated carbocycles. The fraction of sp³-hybridized carbons (Fsp3) is 0.385. The van der Waals surface area contributed by atoms with Crippen molar-refractivity contribution in [1.82, 2.24) is 9.37 Å². The van der Waals surface area contributed by atoms with Gasteiger partial charge in [-0.05, 0) is 48.7 Å². The molecule has 0 aliphatic carbocycles. The minimum atomic E-state index is -1.27. The van der Waals surface area contributed by atoms with Crippen LogP contribution in [-0.4, -0.2) is 63.3 Å². The maximum absolute atomic E-state index is 13.1. The zero-order chi connectivity index (χ0) is 24.9. The Morgan fingerprint density at radius 2 is 2.00 bits per heavy atom. The maximum Gasteiger partial charge on any atom is 0.273 e. The number of aliphatic hydroxyl groups excluding tert-OH is 1. The minimum Gasteiger partial charge on any atom is -0.396 e. The molecule has 1 saturated heterocycles. The van der Waals surface area contributed by atoms with Gasteiger partial charge in [0.2, 0.25) is 0 Å². The van der Waals surface area contributed by atoms with Crippen LogP contribution in [-0.2, 0) is 20.6 Å². The lowest BCUT2D eigenvalue weighted by atomic mass is 10.0. The molecule has 1 atom stereocenters. The Bertz CT molecular complexity index is 1170. The van der Waals surface area contributed by atoms with Crippen molar-refractivity contribution in [2.24, 2.45) is 16.6 Å². The third-order valence-electron chi connectivity index (χ3n) is 5.99. The summed E-state index contributed by atoms with van der Waals surface area (Å²) in [6.45, 7) is 6.14. The number of carbonyl (C=O) groups excluding carboxylic acids is 1. The Kier molecular flexibility index (Phi) is 8.12. The van der Waals surface area contributed by atoms with Crippen molar-refractivity contribution in [1.29, 1.82) is 0 Å². The number of amidine groups is 1. The molecule has 0 radical (unpaired) electrons. The van der Waals surface area contributed by atoms with Crippen LogP contribution in [0.3, 0.4) is 0 Å². The summed E-state index contributed by atoms with van der Waals surface area (Å²) < 4.78 is 14.8. The Balaban J connectivity index is 1.60. The van der Waals surface area contributed by atoms with Gasteiger partial charge in [-0.15, -0.1) is 0 Å². The number of carbonyl (C=O) groups is 1. The quantitative estimate of drug-likeness (QED) is 0.518. The van der Waals surface area contributed by atoms with E-state index in [0.29, 0.717) is 43.3 Å². The van der Waals surface area contributed by atoms with E-state index >= 15 is 0 Å². The normalized spacial score (nSPS) is 17.0. The van der Waals surface area contributed by atoms with Crippen LogP contribution in [0.5, 0.6) is 0 Å². The van der Waals surface area contributed by atoms with Crippen molar-refractivity contribution in [3.8, 4) is 11.1 Å². The maximum atomic E-state index is 13.1. The van der Waals surface area contributed by atoms with E-state index in [4.69, 9.17) is 10.6 Å². The molecule has 2 heterocycles. The molecule has 2 aromatic carbocycles. The zero-order valence-electron chi connectivity index (χ0n) is 20.1. The SMILES string of the molecule is CCCN(OCC)C(=O)C1=Cc2ccc(-c3cccc(S(=O)N4CC(CO)C4)c3)cc2N=C(N)C1. The van der Waals surface area contributed by atoms with E-state index in [2.05, 4.69) is 4.99 Å². The van der Waals surface area contributed by atoms with E-state index in [9.17, 15) is 14.1 Å². The highest BCUT2D eigenvalue weighted by atomic mass is 32.2. The van der Waals surface area contributed by atoms with Gasteiger partial charge in [-0.25, -0.2) is 18.6 Å². The summed E-state index contributed by atoms with van der Waals surface area (Å²) in [7, 11) is -1.27. The summed E-state index contributed by atoms with van der Waals surface area (Å²) in [6, 6.07) is 13.5. The first-order valence-corrected chi connectivity index (χ1v) is 13.0. The molecule has 3 N–H and O–H groups in total. The molecule has 9 heteroatoms.